The van der Waals surface area contributed by atoms with Crippen molar-refractivity contribution in [3.8, 4) is 27.0 Å². The molecule has 0 amide bonds. The molecule has 2 aromatic heterocycles. The fourth-order valence-corrected chi connectivity index (χ4v) is 4.72. The SMILES string of the molecule is N#Cc1sc(-c2cc(Cl)ccc2Br)c(-c2cccs2)c1N. The van der Waals surface area contributed by atoms with E-state index in [9.17, 15) is 5.26 Å². The Morgan fingerprint density at radius 1 is 1.29 bits per heavy atom. The maximum Gasteiger partial charge on any atom is 0.129 e. The lowest BCUT2D eigenvalue weighted by atomic mass is 10.1. The molecule has 0 aliphatic carbocycles. The molecule has 2 N–H and O–H groups in total. The van der Waals surface area contributed by atoms with E-state index in [0.29, 0.717) is 15.6 Å². The van der Waals surface area contributed by atoms with Crippen LogP contribution in [0, 0.1) is 11.3 Å². The summed E-state index contributed by atoms with van der Waals surface area (Å²) in [5.74, 6) is 0. The number of benzene rings is 1. The van der Waals surface area contributed by atoms with Gasteiger partial charge in [0.15, 0.2) is 0 Å². The Bertz CT molecular complexity index is 847. The summed E-state index contributed by atoms with van der Waals surface area (Å²) in [6.45, 7) is 0. The Hall–Kier alpha value is -1.32. The molecule has 21 heavy (non-hydrogen) atoms. The third-order valence-corrected chi connectivity index (χ3v) is 5.94. The minimum absolute atomic E-state index is 0.528. The first-order valence-corrected chi connectivity index (χ1v) is 8.80. The molecule has 0 aliphatic rings. The lowest BCUT2D eigenvalue weighted by Gasteiger charge is -2.06. The monoisotopic (exact) mass is 394 g/mol. The molecule has 6 heteroatoms. The van der Waals surface area contributed by atoms with Crippen LogP contribution in [0.1, 0.15) is 4.88 Å². The van der Waals surface area contributed by atoms with Gasteiger partial charge >= 0.3 is 0 Å². The number of rotatable bonds is 2. The van der Waals surface area contributed by atoms with Gasteiger partial charge in [-0.25, -0.2) is 0 Å². The van der Waals surface area contributed by atoms with Crippen molar-refractivity contribution in [1.82, 2.24) is 0 Å². The second-order valence-corrected chi connectivity index (χ2v) is 7.52. The van der Waals surface area contributed by atoms with Crippen molar-refractivity contribution in [2.75, 3.05) is 5.73 Å². The van der Waals surface area contributed by atoms with Gasteiger partial charge in [-0.1, -0.05) is 33.6 Å². The molecular formula is C15H8BrClN2S2. The summed E-state index contributed by atoms with van der Waals surface area (Å²) in [4.78, 5) is 2.54. The average Bonchev–Trinajstić information content (AvgIpc) is 3.08. The zero-order valence-electron chi connectivity index (χ0n) is 10.6. The number of anilines is 1. The number of nitrogens with two attached hydrogens (primary N) is 1. The largest absolute Gasteiger partial charge is 0.396 e. The van der Waals surface area contributed by atoms with Crippen LogP contribution in [-0.2, 0) is 0 Å². The summed E-state index contributed by atoms with van der Waals surface area (Å²) in [6, 6.07) is 11.8. The molecule has 2 nitrogen and oxygen atoms in total. The molecule has 0 atom stereocenters. The molecule has 0 saturated heterocycles. The van der Waals surface area contributed by atoms with E-state index >= 15 is 0 Å². The molecule has 0 aliphatic heterocycles. The highest BCUT2D eigenvalue weighted by Crippen LogP contribution is 2.48. The van der Waals surface area contributed by atoms with Crippen LogP contribution in [-0.4, -0.2) is 0 Å². The predicted molar refractivity (Wildman–Crippen MR) is 94.9 cm³/mol. The summed E-state index contributed by atoms with van der Waals surface area (Å²) in [7, 11) is 0. The van der Waals surface area contributed by atoms with Crippen LogP contribution >= 0.6 is 50.2 Å². The van der Waals surface area contributed by atoms with E-state index in [0.717, 1.165) is 25.4 Å². The van der Waals surface area contributed by atoms with Crippen molar-refractivity contribution in [2.45, 2.75) is 0 Å². The van der Waals surface area contributed by atoms with E-state index in [2.05, 4.69) is 22.0 Å². The molecule has 0 saturated carbocycles. The van der Waals surface area contributed by atoms with Gasteiger partial charge in [0, 0.05) is 30.4 Å². The molecular weight excluding hydrogens is 388 g/mol. The van der Waals surface area contributed by atoms with E-state index in [1.807, 2.05) is 35.7 Å². The fourth-order valence-electron chi connectivity index (χ4n) is 2.05. The maximum atomic E-state index is 9.27. The zero-order valence-corrected chi connectivity index (χ0v) is 14.5. The summed E-state index contributed by atoms with van der Waals surface area (Å²) < 4.78 is 0.926. The highest BCUT2D eigenvalue weighted by atomic mass is 79.9. The van der Waals surface area contributed by atoms with Gasteiger partial charge in [0.25, 0.3) is 0 Å². The molecule has 0 radical (unpaired) electrons. The highest BCUT2D eigenvalue weighted by Gasteiger charge is 2.21. The Balaban J connectivity index is 2.33. The molecule has 104 valence electrons. The number of halogens is 2. The topological polar surface area (TPSA) is 49.8 Å². The van der Waals surface area contributed by atoms with Gasteiger partial charge in [0.1, 0.15) is 10.9 Å². The number of hydrogen-bond donors (Lipinski definition) is 1. The predicted octanol–water partition coefficient (Wildman–Crippen LogP) is 6.01. The first-order chi connectivity index (χ1) is 10.1. The normalized spacial score (nSPS) is 10.5. The van der Waals surface area contributed by atoms with E-state index in [1.165, 1.54) is 11.3 Å². The van der Waals surface area contributed by atoms with Crippen LogP contribution < -0.4 is 5.73 Å². The Labute approximate surface area is 143 Å². The second-order valence-electron chi connectivity index (χ2n) is 4.26. The van der Waals surface area contributed by atoms with Crippen LogP contribution in [0.15, 0.2) is 40.2 Å². The first-order valence-electron chi connectivity index (χ1n) is 5.93. The van der Waals surface area contributed by atoms with Gasteiger partial charge in [-0.2, -0.15) is 5.26 Å². The summed E-state index contributed by atoms with van der Waals surface area (Å²) in [6.07, 6.45) is 0. The van der Waals surface area contributed by atoms with Crippen molar-refractivity contribution in [1.29, 1.82) is 5.26 Å². The van der Waals surface area contributed by atoms with Gasteiger partial charge in [-0.15, -0.1) is 22.7 Å². The van der Waals surface area contributed by atoms with E-state index < -0.39 is 0 Å². The van der Waals surface area contributed by atoms with Crippen molar-refractivity contribution < 1.29 is 0 Å². The van der Waals surface area contributed by atoms with Crippen LogP contribution in [0.4, 0.5) is 5.69 Å². The summed E-state index contributed by atoms with van der Waals surface area (Å²) in [5.41, 5.74) is 8.57. The number of nitriles is 1. The van der Waals surface area contributed by atoms with E-state index in [-0.39, 0.29) is 0 Å². The molecule has 0 spiro atoms. The summed E-state index contributed by atoms with van der Waals surface area (Å²) >= 11 is 12.7. The molecule has 0 bridgehead atoms. The van der Waals surface area contributed by atoms with Crippen LogP contribution in [0.3, 0.4) is 0 Å². The highest BCUT2D eigenvalue weighted by molar-refractivity contribution is 9.10. The van der Waals surface area contributed by atoms with Crippen molar-refractivity contribution in [3.63, 3.8) is 0 Å². The smallest absolute Gasteiger partial charge is 0.129 e. The lowest BCUT2D eigenvalue weighted by molar-refractivity contribution is 1.52. The number of thiophene rings is 2. The number of nitrogen functional groups attached to an aromatic ring is 1. The Morgan fingerprint density at radius 2 is 2.10 bits per heavy atom. The third kappa shape index (κ3) is 2.60. The quantitative estimate of drug-likeness (QED) is 0.577. The first kappa shape index (κ1) is 14.6. The van der Waals surface area contributed by atoms with Gasteiger partial charge in [0.05, 0.1) is 5.69 Å². The maximum absolute atomic E-state index is 9.27. The van der Waals surface area contributed by atoms with E-state index in [1.54, 1.807) is 11.3 Å². The third-order valence-electron chi connectivity index (χ3n) is 2.99. The summed E-state index contributed by atoms with van der Waals surface area (Å²) in [5, 5.41) is 11.9. The Kier molecular flexibility index (Phi) is 4.05. The van der Waals surface area contributed by atoms with Crippen molar-refractivity contribution in [2.24, 2.45) is 0 Å². The van der Waals surface area contributed by atoms with Gasteiger partial charge in [0.2, 0.25) is 0 Å². The molecule has 0 fully saturated rings. The second kappa shape index (κ2) is 5.82. The van der Waals surface area contributed by atoms with Gasteiger partial charge in [-0.05, 0) is 29.6 Å². The van der Waals surface area contributed by atoms with Crippen molar-refractivity contribution in [3.05, 3.63) is 50.1 Å². The zero-order chi connectivity index (χ0) is 15.0. The molecule has 2 heterocycles. The van der Waals surface area contributed by atoms with Crippen LogP contribution in [0.2, 0.25) is 5.02 Å². The number of hydrogen-bond acceptors (Lipinski definition) is 4. The molecule has 1 aromatic carbocycles. The lowest BCUT2D eigenvalue weighted by Crippen LogP contribution is -1.88. The van der Waals surface area contributed by atoms with Crippen LogP contribution in [0.5, 0.6) is 0 Å². The minimum Gasteiger partial charge on any atom is -0.396 e. The van der Waals surface area contributed by atoms with Gasteiger partial charge < -0.3 is 5.73 Å². The minimum atomic E-state index is 0.528. The fraction of sp³-hybridized carbons (Fsp3) is 0. The van der Waals surface area contributed by atoms with Crippen molar-refractivity contribution >= 4 is 55.9 Å². The number of nitrogens with zero attached hydrogens (tertiary/aromatic N) is 1. The average molecular weight is 396 g/mol. The van der Waals surface area contributed by atoms with E-state index in [4.69, 9.17) is 17.3 Å². The molecule has 3 aromatic rings. The van der Waals surface area contributed by atoms with Gasteiger partial charge in [-0.3, -0.25) is 0 Å². The Morgan fingerprint density at radius 3 is 2.76 bits per heavy atom. The standard InChI is InChI=1S/C15H8BrClN2S2/c16-10-4-3-8(17)6-9(10)15-13(11-2-1-5-20-11)14(19)12(7-18)21-15/h1-6H,19H2. The molecule has 0 unspecified atom stereocenters. The molecule has 3 rings (SSSR count). The van der Waals surface area contributed by atoms with Crippen LogP contribution in [0.25, 0.3) is 20.9 Å².